The van der Waals surface area contributed by atoms with Crippen molar-refractivity contribution in [2.24, 2.45) is 0 Å². The van der Waals surface area contributed by atoms with E-state index in [1.807, 2.05) is 11.9 Å². The summed E-state index contributed by atoms with van der Waals surface area (Å²) in [6.45, 7) is 3.03. The summed E-state index contributed by atoms with van der Waals surface area (Å²) in [7, 11) is 6.51. The second-order valence-electron chi connectivity index (χ2n) is 5.90. The predicted molar refractivity (Wildman–Crippen MR) is 104 cm³/mol. The predicted octanol–water partition coefficient (Wildman–Crippen LogP) is 2.99. The minimum Gasteiger partial charge on any atom is -0.493 e. The van der Waals surface area contributed by atoms with E-state index in [0.29, 0.717) is 22.9 Å². The summed E-state index contributed by atoms with van der Waals surface area (Å²) in [5.41, 5.74) is 0.719. The fourth-order valence-electron chi connectivity index (χ4n) is 2.49. The lowest BCUT2D eigenvalue weighted by Gasteiger charge is -2.17. The maximum absolute atomic E-state index is 12.5. The van der Waals surface area contributed by atoms with E-state index in [4.69, 9.17) is 14.2 Å². The molecule has 0 saturated heterocycles. The molecule has 2 rings (SSSR count). The molecule has 1 aromatic heterocycles. The molecular weight excluding hydrogens is 348 g/mol. The summed E-state index contributed by atoms with van der Waals surface area (Å²) < 4.78 is 15.9. The molecule has 8 nitrogen and oxygen atoms in total. The quantitative estimate of drug-likeness (QED) is 0.722. The van der Waals surface area contributed by atoms with Crippen LogP contribution in [0.4, 0.5) is 11.5 Å². The highest BCUT2D eigenvalue weighted by atomic mass is 16.5. The van der Waals surface area contributed by atoms with E-state index in [-0.39, 0.29) is 11.6 Å². The molecule has 1 N–H and O–H groups in total. The van der Waals surface area contributed by atoms with Crippen molar-refractivity contribution in [2.45, 2.75) is 19.8 Å². The van der Waals surface area contributed by atoms with Gasteiger partial charge in [-0.15, -0.1) is 0 Å². The van der Waals surface area contributed by atoms with Crippen LogP contribution in [-0.2, 0) is 0 Å². The molecule has 1 aromatic carbocycles. The van der Waals surface area contributed by atoms with E-state index in [2.05, 4.69) is 22.2 Å². The Morgan fingerprint density at radius 1 is 1.07 bits per heavy atom. The summed E-state index contributed by atoms with van der Waals surface area (Å²) in [6.07, 6.45) is 5.24. The lowest BCUT2D eigenvalue weighted by molar-refractivity contribution is 0.102. The lowest BCUT2D eigenvalue weighted by atomic mass is 10.2. The van der Waals surface area contributed by atoms with Gasteiger partial charge in [-0.3, -0.25) is 4.79 Å². The lowest BCUT2D eigenvalue weighted by Crippen LogP contribution is -2.21. The Labute approximate surface area is 159 Å². The highest BCUT2D eigenvalue weighted by Crippen LogP contribution is 2.39. The average molecular weight is 374 g/mol. The van der Waals surface area contributed by atoms with Gasteiger partial charge in [0.25, 0.3) is 5.91 Å². The largest absolute Gasteiger partial charge is 0.493 e. The Morgan fingerprint density at radius 2 is 1.74 bits per heavy atom. The molecular formula is C19H26N4O4. The number of nitrogens with zero attached hydrogens (tertiary/aromatic N) is 3. The van der Waals surface area contributed by atoms with Crippen LogP contribution < -0.4 is 24.4 Å². The number of amides is 1. The maximum atomic E-state index is 12.5. The zero-order valence-electron chi connectivity index (χ0n) is 16.4. The molecule has 0 aliphatic rings. The van der Waals surface area contributed by atoms with Crippen molar-refractivity contribution in [1.29, 1.82) is 0 Å². The Kier molecular flexibility index (Phi) is 7.22. The number of ether oxygens (including phenoxy) is 3. The standard InChI is InChI=1S/C19H26N4O4/c1-6-7-8-23(2)17-12-20-14(11-21-17)19(24)22-13-9-15(25-3)18(27-5)16(10-13)26-4/h9-12H,6-8H2,1-5H3,(H,22,24). The van der Waals surface area contributed by atoms with Gasteiger partial charge >= 0.3 is 0 Å². The first-order valence-electron chi connectivity index (χ1n) is 8.68. The van der Waals surface area contributed by atoms with Crippen molar-refractivity contribution in [3.8, 4) is 17.2 Å². The number of carbonyl (C=O) groups excluding carboxylic acids is 1. The van der Waals surface area contributed by atoms with Crippen molar-refractivity contribution in [3.05, 3.63) is 30.2 Å². The second-order valence-corrected chi connectivity index (χ2v) is 5.90. The third kappa shape index (κ3) is 4.99. The molecule has 0 radical (unpaired) electrons. The molecule has 0 unspecified atom stereocenters. The Balaban J connectivity index is 2.15. The van der Waals surface area contributed by atoms with Crippen LogP contribution in [0.15, 0.2) is 24.5 Å². The van der Waals surface area contributed by atoms with E-state index in [9.17, 15) is 4.79 Å². The topological polar surface area (TPSA) is 85.8 Å². The van der Waals surface area contributed by atoms with Crippen LogP contribution >= 0.6 is 0 Å². The average Bonchev–Trinajstić information content (AvgIpc) is 2.71. The zero-order valence-corrected chi connectivity index (χ0v) is 16.4. The molecule has 1 amide bonds. The summed E-state index contributed by atoms with van der Waals surface area (Å²) in [5.74, 6) is 1.71. The van der Waals surface area contributed by atoms with Crippen LogP contribution in [-0.4, -0.2) is 50.8 Å². The molecule has 27 heavy (non-hydrogen) atoms. The number of aromatic nitrogens is 2. The van der Waals surface area contributed by atoms with Crippen LogP contribution in [0.2, 0.25) is 0 Å². The van der Waals surface area contributed by atoms with Gasteiger partial charge in [-0.25, -0.2) is 9.97 Å². The highest BCUT2D eigenvalue weighted by molar-refractivity contribution is 6.03. The first kappa shape index (κ1) is 20.3. The molecule has 0 aliphatic heterocycles. The number of benzene rings is 1. The highest BCUT2D eigenvalue weighted by Gasteiger charge is 2.16. The smallest absolute Gasteiger partial charge is 0.275 e. The molecule has 2 aromatic rings. The third-order valence-electron chi connectivity index (χ3n) is 4.03. The number of carbonyl (C=O) groups is 1. The molecule has 1 heterocycles. The SMILES string of the molecule is CCCCN(C)c1cnc(C(=O)Nc2cc(OC)c(OC)c(OC)c2)cn1. The van der Waals surface area contributed by atoms with E-state index >= 15 is 0 Å². The molecule has 0 fully saturated rings. The summed E-state index contributed by atoms with van der Waals surface area (Å²) in [6, 6.07) is 3.30. The monoisotopic (exact) mass is 374 g/mol. The molecule has 0 aliphatic carbocycles. The van der Waals surface area contributed by atoms with E-state index in [1.165, 1.54) is 27.5 Å². The van der Waals surface area contributed by atoms with Crippen molar-refractivity contribution in [3.63, 3.8) is 0 Å². The third-order valence-corrected chi connectivity index (χ3v) is 4.03. The van der Waals surface area contributed by atoms with Crippen molar-refractivity contribution in [2.75, 3.05) is 45.1 Å². The van der Waals surface area contributed by atoms with Gasteiger partial charge in [-0.05, 0) is 6.42 Å². The molecule has 0 saturated carbocycles. The summed E-state index contributed by atoms with van der Waals surface area (Å²) in [4.78, 5) is 23.0. The minimum atomic E-state index is -0.375. The van der Waals surface area contributed by atoms with Crippen molar-refractivity contribution < 1.29 is 19.0 Å². The first-order valence-corrected chi connectivity index (χ1v) is 8.68. The van der Waals surface area contributed by atoms with E-state index < -0.39 is 0 Å². The number of hydrogen-bond donors (Lipinski definition) is 1. The number of methoxy groups -OCH3 is 3. The minimum absolute atomic E-state index is 0.219. The molecule has 0 atom stereocenters. The maximum Gasteiger partial charge on any atom is 0.275 e. The number of unbranched alkanes of at least 4 members (excludes halogenated alkanes) is 1. The van der Waals surface area contributed by atoms with Crippen LogP contribution in [0.1, 0.15) is 30.3 Å². The molecule has 8 heteroatoms. The fraction of sp³-hybridized carbons (Fsp3) is 0.421. The number of nitrogens with one attached hydrogen (secondary N) is 1. The molecule has 0 bridgehead atoms. The van der Waals surface area contributed by atoms with E-state index in [1.54, 1.807) is 18.3 Å². The van der Waals surface area contributed by atoms with Crippen LogP contribution in [0.5, 0.6) is 17.2 Å². The number of rotatable bonds is 9. The molecule has 0 spiro atoms. The van der Waals surface area contributed by atoms with Crippen LogP contribution in [0, 0.1) is 0 Å². The van der Waals surface area contributed by atoms with Gasteiger partial charge in [-0.2, -0.15) is 0 Å². The zero-order chi connectivity index (χ0) is 19.8. The number of anilines is 2. The fourth-order valence-corrected chi connectivity index (χ4v) is 2.49. The summed E-state index contributed by atoms with van der Waals surface area (Å²) >= 11 is 0. The van der Waals surface area contributed by atoms with Crippen LogP contribution in [0.25, 0.3) is 0 Å². The number of hydrogen-bond acceptors (Lipinski definition) is 7. The van der Waals surface area contributed by atoms with Gasteiger partial charge in [0.1, 0.15) is 11.5 Å². The molecule has 146 valence electrons. The Morgan fingerprint density at radius 3 is 2.22 bits per heavy atom. The van der Waals surface area contributed by atoms with Gasteiger partial charge < -0.3 is 24.4 Å². The van der Waals surface area contributed by atoms with Crippen molar-refractivity contribution >= 4 is 17.4 Å². The van der Waals surface area contributed by atoms with Gasteiger partial charge in [0.2, 0.25) is 5.75 Å². The summed E-state index contributed by atoms with van der Waals surface area (Å²) in [5, 5.41) is 2.77. The second kappa shape index (κ2) is 9.61. The van der Waals surface area contributed by atoms with Gasteiger partial charge in [0, 0.05) is 31.4 Å². The van der Waals surface area contributed by atoms with Gasteiger partial charge in [0.15, 0.2) is 11.5 Å². The van der Waals surface area contributed by atoms with Crippen LogP contribution in [0.3, 0.4) is 0 Å². The first-order chi connectivity index (χ1) is 13.0. The van der Waals surface area contributed by atoms with Gasteiger partial charge in [0.05, 0.1) is 33.7 Å². The van der Waals surface area contributed by atoms with Crippen molar-refractivity contribution in [1.82, 2.24) is 9.97 Å². The van der Waals surface area contributed by atoms with E-state index in [0.717, 1.165) is 25.2 Å². The Bertz CT molecular complexity index is 740. The van der Waals surface area contributed by atoms with Gasteiger partial charge in [-0.1, -0.05) is 13.3 Å². The normalized spacial score (nSPS) is 10.3. The Hall–Kier alpha value is -3.03.